The number of pyridine rings is 1. The van der Waals surface area contributed by atoms with E-state index in [-0.39, 0.29) is 5.92 Å². The Morgan fingerprint density at radius 1 is 1.14 bits per heavy atom. The first-order chi connectivity index (χ1) is 17.5. The first kappa shape index (κ1) is 22.5. The number of aromatic nitrogens is 4. The monoisotopic (exact) mass is 487 g/mol. The molecule has 4 aromatic rings. The highest BCUT2D eigenvalue weighted by atomic mass is 19.1. The van der Waals surface area contributed by atoms with Crippen molar-refractivity contribution < 1.29 is 19.0 Å². The van der Waals surface area contributed by atoms with Crippen molar-refractivity contribution in [3.05, 3.63) is 60.7 Å². The molecule has 3 N–H and O–H groups in total. The van der Waals surface area contributed by atoms with E-state index in [1.165, 1.54) is 6.07 Å². The van der Waals surface area contributed by atoms with E-state index in [4.69, 9.17) is 9.72 Å². The average Bonchev–Trinajstić information content (AvgIpc) is 3.27. The number of hydrogen-bond donors (Lipinski definition) is 3. The van der Waals surface area contributed by atoms with Crippen LogP contribution in [0.5, 0.6) is 11.6 Å². The average molecular weight is 488 g/mol. The SMILES string of the molecule is O=C(O)C1C2CCCC1(Nc1cc(Oc3ccccc3)nc(-c3c[nH]c4ncc(F)cc34)n1)CCC2. The standard InChI is InChI=1S/C27H26FN5O3/c28-17-12-19-20(15-30-24(19)29-14-17)25-31-21(13-22(32-25)36-18-8-2-1-3-9-18)33-27-10-4-6-16(7-5-11-27)23(27)26(34)35/h1-3,8-9,12-16,23H,4-7,10-11H2,(H,29,30)(H,34,35)(H,31,32,33). The van der Waals surface area contributed by atoms with Crippen molar-refractivity contribution in [1.29, 1.82) is 0 Å². The van der Waals surface area contributed by atoms with Gasteiger partial charge in [-0.05, 0) is 49.8 Å². The summed E-state index contributed by atoms with van der Waals surface area (Å²) in [7, 11) is 0. The molecule has 184 valence electrons. The van der Waals surface area contributed by atoms with Gasteiger partial charge in [0.1, 0.15) is 23.0 Å². The molecule has 0 amide bonds. The predicted molar refractivity (Wildman–Crippen MR) is 132 cm³/mol. The van der Waals surface area contributed by atoms with Crippen molar-refractivity contribution in [1.82, 2.24) is 19.9 Å². The Bertz CT molecular complexity index is 1410. The molecule has 2 fully saturated rings. The second kappa shape index (κ2) is 8.89. The number of halogens is 1. The third-order valence-corrected chi connectivity index (χ3v) is 7.51. The molecule has 36 heavy (non-hydrogen) atoms. The molecule has 9 heteroatoms. The van der Waals surface area contributed by atoms with Gasteiger partial charge in [0.25, 0.3) is 0 Å². The van der Waals surface area contributed by atoms with Crippen LogP contribution in [0.2, 0.25) is 0 Å². The number of aliphatic carboxylic acids is 1. The number of carboxylic acids is 1. The molecular weight excluding hydrogens is 461 g/mol. The Morgan fingerprint density at radius 3 is 2.67 bits per heavy atom. The highest BCUT2D eigenvalue weighted by Crippen LogP contribution is 2.49. The van der Waals surface area contributed by atoms with Crippen molar-refractivity contribution in [2.75, 3.05) is 5.32 Å². The molecule has 2 aliphatic carbocycles. The van der Waals surface area contributed by atoms with E-state index < -0.39 is 23.2 Å². The Morgan fingerprint density at radius 2 is 1.92 bits per heavy atom. The molecular formula is C27H26FN5O3. The van der Waals surface area contributed by atoms with Gasteiger partial charge in [0.15, 0.2) is 5.82 Å². The minimum absolute atomic E-state index is 0.154. The van der Waals surface area contributed by atoms with Gasteiger partial charge in [-0.3, -0.25) is 4.79 Å². The van der Waals surface area contributed by atoms with Crippen molar-refractivity contribution in [2.24, 2.45) is 11.8 Å². The molecule has 0 spiro atoms. The fourth-order valence-corrected chi connectivity index (χ4v) is 6.05. The van der Waals surface area contributed by atoms with E-state index in [0.717, 1.165) is 44.7 Å². The van der Waals surface area contributed by atoms with Gasteiger partial charge in [-0.25, -0.2) is 14.4 Å². The number of anilines is 1. The van der Waals surface area contributed by atoms with Gasteiger partial charge < -0.3 is 20.1 Å². The largest absolute Gasteiger partial charge is 0.481 e. The number of para-hydroxylation sites is 1. The van der Waals surface area contributed by atoms with Crippen molar-refractivity contribution in [3.8, 4) is 23.0 Å². The predicted octanol–water partition coefficient (Wildman–Crippen LogP) is 5.79. The fraction of sp³-hybridized carbons (Fsp3) is 0.333. The molecule has 6 rings (SSSR count). The summed E-state index contributed by atoms with van der Waals surface area (Å²) in [6, 6.07) is 12.4. The van der Waals surface area contributed by atoms with Gasteiger partial charge in [-0.15, -0.1) is 0 Å². The van der Waals surface area contributed by atoms with Crippen molar-refractivity contribution in [3.63, 3.8) is 0 Å². The third kappa shape index (κ3) is 4.04. The normalized spacial score (nSPS) is 23.4. The van der Waals surface area contributed by atoms with Gasteiger partial charge >= 0.3 is 5.97 Å². The Hall–Kier alpha value is -4.01. The molecule has 1 unspecified atom stereocenters. The lowest BCUT2D eigenvalue weighted by Crippen LogP contribution is -2.56. The number of ether oxygens (including phenoxy) is 1. The Balaban J connectivity index is 1.44. The Labute approximate surface area is 207 Å². The third-order valence-electron chi connectivity index (χ3n) is 7.51. The smallest absolute Gasteiger partial charge is 0.309 e. The lowest BCUT2D eigenvalue weighted by atomic mass is 9.59. The van der Waals surface area contributed by atoms with Crippen molar-refractivity contribution >= 4 is 22.8 Å². The van der Waals surface area contributed by atoms with Crippen LogP contribution in [0.3, 0.4) is 0 Å². The summed E-state index contributed by atoms with van der Waals surface area (Å²) in [5, 5.41) is 14.2. The molecule has 2 saturated carbocycles. The van der Waals surface area contributed by atoms with E-state index >= 15 is 0 Å². The van der Waals surface area contributed by atoms with E-state index in [1.54, 1.807) is 12.3 Å². The maximum Gasteiger partial charge on any atom is 0.309 e. The lowest BCUT2D eigenvalue weighted by molar-refractivity contribution is -0.149. The van der Waals surface area contributed by atoms with Crippen LogP contribution in [-0.4, -0.2) is 36.6 Å². The molecule has 2 aliphatic rings. The number of H-pyrrole nitrogens is 1. The summed E-state index contributed by atoms with van der Waals surface area (Å²) in [5.74, 6) is 0.173. The zero-order valence-corrected chi connectivity index (χ0v) is 19.6. The quantitative estimate of drug-likeness (QED) is 0.316. The highest BCUT2D eigenvalue weighted by molar-refractivity contribution is 5.91. The molecule has 3 heterocycles. The van der Waals surface area contributed by atoms with Gasteiger partial charge in [0.2, 0.25) is 5.88 Å². The van der Waals surface area contributed by atoms with Gasteiger partial charge in [-0.1, -0.05) is 31.0 Å². The van der Waals surface area contributed by atoms with Crippen LogP contribution in [0, 0.1) is 17.7 Å². The number of benzene rings is 1. The van der Waals surface area contributed by atoms with E-state index in [1.807, 2.05) is 30.3 Å². The summed E-state index contributed by atoms with van der Waals surface area (Å²) < 4.78 is 20.1. The summed E-state index contributed by atoms with van der Waals surface area (Å²) >= 11 is 0. The van der Waals surface area contributed by atoms with Crippen LogP contribution in [-0.2, 0) is 4.79 Å². The number of rotatable bonds is 6. The van der Waals surface area contributed by atoms with Crippen LogP contribution in [0.1, 0.15) is 38.5 Å². The summed E-state index contributed by atoms with van der Waals surface area (Å²) in [6.07, 6.45) is 8.18. The molecule has 0 saturated heterocycles. The minimum Gasteiger partial charge on any atom is -0.481 e. The van der Waals surface area contributed by atoms with Gasteiger partial charge in [-0.2, -0.15) is 4.98 Å². The molecule has 8 nitrogen and oxygen atoms in total. The molecule has 3 aromatic heterocycles. The summed E-state index contributed by atoms with van der Waals surface area (Å²) in [4.78, 5) is 28.9. The maximum absolute atomic E-state index is 14.0. The maximum atomic E-state index is 14.0. The number of nitrogens with zero attached hydrogens (tertiary/aromatic N) is 3. The van der Waals surface area contributed by atoms with Crippen LogP contribution in [0.4, 0.5) is 10.2 Å². The zero-order chi connectivity index (χ0) is 24.7. The highest BCUT2D eigenvalue weighted by Gasteiger charge is 2.52. The first-order valence-electron chi connectivity index (χ1n) is 12.3. The van der Waals surface area contributed by atoms with Gasteiger partial charge in [0, 0.05) is 23.2 Å². The number of carboxylic acid groups (broad SMARTS) is 1. The van der Waals surface area contributed by atoms with E-state index in [9.17, 15) is 14.3 Å². The van der Waals surface area contributed by atoms with Crippen molar-refractivity contribution in [2.45, 2.75) is 44.1 Å². The van der Waals surface area contributed by atoms with Gasteiger partial charge in [0.05, 0.1) is 17.7 Å². The molecule has 2 bridgehead atoms. The molecule has 1 atom stereocenters. The number of fused-ring (bicyclic) bond motifs is 3. The molecule has 0 aliphatic heterocycles. The van der Waals surface area contributed by atoms with E-state index in [0.29, 0.717) is 39.9 Å². The number of hydrogen-bond acceptors (Lipinski definition) is 6. The summed E-state index contributed by atoms with van der Waals surface area (Å²) in [6.45, 7) is 0. The van der Waals surface area contributed by atoms with Crippen LogP contribution >= 0.6 is 0 Å². The number of aromatic amines is 1. The first-order valence-corrected chi connectivity index (χ1v) is 12.3. The lowest BCUT2D eigenvalue weighted by Gasteiger charge is -2.50. The minimum atomic E-state index is -0.764. The van der Waals surface area contributed by atoms with E-state index in [2.05, 4.69) is 20.3 Å². The molecule has 0 radical (unpaired) electrons. The Kier molecular flexibility index (Phi) is 5.55. The fourth-order valence-electron chi connectivity index (χ4n) is 6.05. The van der Waals surface area contributed by atoms with Crippen LogP contribution < -0.4 is 10.1 Å². The molecule has 1 aromatic carbocycles. The number of carbonyl (C=O) groups is 1. The van der Waals surface area contributed by atoms with Crippen LogP contribution in [0.25, 0.3) is 22.4 Å². The summed E-state index contributed by atoms with van der Waals surface area (Å²) in [5.41, 5.74) is 0.512. The second-order valence-corrected chi connectivity index (χ2v) is 9.72. The second-order valence-electron chi connectivity index (χ2n) is 9.72. The zero-order valence-electron chi connectivity index (χ0n) is 19.6. The topological polar surface area (TPSA) is 113 Å². The van der Waals surface area contributed by atoms with Crippen LogP contribution in [0.15, 0.2) is 54.9 Å². The number of nitrogens with one attached hydrogen (secondary N) is 2.